The Bertz CT molecular complexity index is 453. The van der Waals surface area contributed by atoms with Crippen molar-refractivity contribution in [3.05, 3.63) is 34.3 Å². The van der Waals surface area contributed by atoms with Gasteiger partial charge in [0.05, 0.1) is 12.1 Å². The summed E-state index contributed by atoms with van der Waals surface area (Å²) in [6.45, 7) is 1.27. The largest absolute Gasteiger partial charge is 0.387 e. The number of piperidine rings is 1. The van der Waals surface area contributed by atoms with Gasteiger partial charge < -0.3 is 10.8 Å². The summed E-state index contributed by atoms with van der Waals surface area (Å²) < 4.78 is 0.939. The second-order valence-electron chi connectivity index (χ2n) is 4.98. The molecule has 1 amide bonds. The minimum absolute atomic E-state index is 0.240. The molecule has 1 saturated heterocycles. The molecular weight excluding hydrogens is 308 g/mol. The number of aliphatic hydroxyl groups is 1. The highest BCUT2D eigenvalue weighted by Gasteiger charge is 2.28. The number of amides is 1. The quantitative estimate of drug-likeness (QED) is 0.887. The van der Waals surface area contributed by atoms with Gasteiger partial charge in [-0.2, -0.15) is 0 Å². The third kappa shape index (κ3) is 3.78. The number of likely N-dealkylation sites (tertiary alicyclic amines) is 1. The van der Waals surface area contributed by atoms with E-state index < -0.39 is 6.10 Å². The maximum absolute atomic E-state index is 11.4. The van der Waals surface area contributed by atoms with Crippen molar-refractivity contribution in [3.63, 3.8) is 0 Å². The van der Waals surface area contributed by atoms with Gasteiger partial charge in [-0.05, 0) is 37.1 Å². The lowest BCUT2D eigenvalue weighted by molar-refractivity contribution is -0.125. The van der Waals surface area contributed by atoms with Crippen LogP contribution in [0.2, 0.25) is 0 Å². The number of nitrogens with zero attached hydrogens (tertiary/aromatic N) is 1. The number of halogens is 1. The number of carbonyl (C=O) groups excluding carboxylic acids is 1. The van der Waals surface area contributed by atoms with Gasteiger partial charge in [0.15, 0.2) is 0 Å². The molecule has 0 radical (unpaired) electrons. The zero-order valence-electron chi connectivity index (χ0n) is 10.8. The van der Waals surface area contributed by atoms with E-state index in [-0.39, 0.29) is 11.9 Å². The molecule has 1 heterocycles. The SMILES string of the molecule is NC(=O)C1CCCCN1CC(O)c1cccc(Br)c1. The summed E-state index contributed by atoms with van der Waals surface area (Å²) in [5, 5.41) is 10.3. The minimum atomic E-state index is -0.600. The zero-order chi connectivity index (χ0) is 13.8. The Morgan fingerprint density at radius 1 is 1.53 bits per heavy atom. The predicted molar refractivity (Wildman–Crippen MR) is 77.5 cm³/mol. The van der Waals surface area contributed by atoms with Crippen LogP contribution < -0.4 is 5.73 Å². The van der Waals surface area contributed by atoms with Crippen molar-refractivity contribution in [1.29, 1.82) is 0 Å². The second-order valence-corrected chi connectivity index (χ2v) is 5.90. The van der Waals surface area contributed by atoms with Crippen molar-refractivity contribution in [1.82, 2.24) is 4.90 Å². The standard InChI is InChI=1S/C14H19BrN2O2/c15-11-5-3-4-10(8-11)13(18)9-17-7-2-1-6-12(17)14(16)19/h3-5,8,12-13,18H,1-2,6-7,9H2,(H2,16,19). The van der Waals surface area contributed by atoms with E-state index in [1.807, 2.05) is 29.2 Å². The van der Waals surface area contributed by atoms with E-state index in [0.29, 0.717) is 6.54 Å². The van der Waals surface area contributed by atoms with Crippen LogP contribution in [0.25, 0.3) is 0 Å². The van der Waals surface area contributed by atoms with Crippen LogP contribution in [0.1, 0.15) is 30.9 Å². The van der Waals surface area contributed by atoms with Crippen molar-refractivity contribution >= 4 is 21.8 Å². The number of hydrogen-bond donors (Lipinski definition) is 2. The van der Waals surface area contributed by atoms with E-state index in [1.54, 1.807) is 0 Å². The molecule has 1 fully saturated rings. The Balaban J connectivity index is 2.04. The van der Waals surface area contributed by atoms with Crippen LogP contribution in [0.15, 0.2) is 28.7 Å². The summed E-state index contributed by atoms with van der Waals surface area (Å²) in [5.41, 5.74) is 6.28. The van der Waals surface area contributed by atoms with Crippen molar-refractivity contribution in [2.75, 3.05) is 13.1 Å². The normalized spacial score (nSPS) is 22.1. The maximum Gasteiger partial charge on any atom is 0.234 e. The highest BCUT2D eigenvalue weighted by atomic mass is 79.9. The number of primary amides is 1. The highest BCUT2D eigenvalue weighted by Crippen LogP contribution is 2.23. The molecule has 0 aliphatic carbocycles. The zero-order valence-corrected chi connectivity index (χ0v) is 12.3. The van der Waals surface area contributed by atoms with Gasteiger partial charge in [0.1, 0.15) is 0 Å². The number of carbonyl (C=O) groups is 1. The Morgan fingerprint density at radius 3 is 3.00 bits per heavy atom. The van der Waals surface area contributed by atoms with E-state index in [4.69, 9.17) is 5.73 Å². The van der Waals surface area contributed by atoms with E-state index in [9.17, 15) is 9.90 Å². The molecule has 1 aliphatic heterocycles. The number of β-amino-alcohol motifs (C(OH)–C–C–N with tert-alkyl or cyclic N) is 1. The van der Waals surface area contributed by atoms with Gasteiger partial charge in [0.2, 0.25) is 5.91 Å². The molecule has 0 spiro atoms. The van der Waals surface area contributed by atoms with Crippen molar-refractivity contribution < 1.29 is 9.90 Å². The number of rotatable bonds is 4. The molecular formula is C14H19BrN2O2. The Labute approximate surface area is 121 Å². The summed E-state index contributed by atoms with van der Waals surface area (Å²) in [6.07, 6.45) is 2.27. The molecule has 2 unspecified atom stereocenters. The van der Waals surface area contributed by atoms with Gasteiger partial charge in [-0.1, -0.05) is 34.5 Å². The molecule has 0 bridgehead atoms. The van der Waals surface area contributed by atoms with Crippen LogP contribution in [0.5, 0.6) is 0 Å². The first-order valence-corrected chi connectivity index (χ1v) is 7.34. The van der Waals surface area contributed by atoms with Crippen LogP contribution in [0, 0.1) is 0 Å². The van der Waals surface area contributed by atoms with Gasteiger partial charge in [0.25, 0.3) is 0 Å². The molecule has 1 aromatic rings. The van der Waals surface area contributed by atoms with Crippen molar-refractivity contribution in [2.45, 2.75) is 31.4 Å². The first-order valence-electron chi connectivity index (χ1n) is 6.55. The van der Waals surface area contributed by atoms with Gasteiger partial charge in [-0.15, -0.1) is 0 Å². The van der Waals surface area contributed by atoms with Gasteiger partial charge in [-0.25, -0.2) is 0 Å². The fourth-order valence-electron chi connectivity index (χ4n) is 2.57. The highest BCUT2D eigenvalue weighted by molar-refractivity contribution is 9.10. The Kier molecular flexibility index (Phi) is 4.96. The average Bonchev–Trinajstić information content (AvgIpc) is 2.39. The van der Waals surface area contributed by atoms with E-state index in [2.05, 4.69) is 15.9 Å². The Morgan fingerprint density at radius 2 is 2.32 bits per heavy atom. The molecule has 1 aromatic carbocycles. The molecule has 5 heteroatoms. The predicted octanol–water partition coefficient (Wildman–Crippen LogP) is 1.82. The van der Waals surface area contributed by atoms with Crippen LogP contribution in [0.4, 0.5) is 0 Å². The fraction of sp³-hybridized carbons (Fsp3) is 0.500. The van der Waals surface area contributed by atoms with Crippen LogP contribution >= 0.6 is 15.9 Å². The third-order valence-electron chi connectivity index (χ3n) is 3.58. The summed E-state index contributed by atoms with van der Waals surface area (Å²) in [4.78, 5) is 13.4. The molecule has 0 aromatic heterocycles. The first-order chi connectivity index (χ1) is 9.08. The van der Waals surface area contributed by atoms with Gasteiger partial charge >= 0.3 is 0 Å². The minimum Gasteiger partial charge on any atom is -0.387 e. The lowest BCUT2D eigenvalue weighted by atomic mass is 10.00. The van der Waals surface area contributed by atoms with Gasteiger partial charge in [0, 0.05) is 11.0 Å². The summed E-state index contributed by atoms with van der Waals surface area (Å²) >= 11 is 3.39. The Hall–Kier alpha value is -0.910. The molecule has 0 saturated carbocycles. The molecule has 19 heavy (non-hydrogen) atoms. The van der Waals surface area contributed by atoms with E-state index >= 15 is 0 Å². The number of nitrogens with two attached hydrogens (primary N) is 1. The van der Waals surface area contributed by atoms with Crippen LogP contribution in [-0.2, 0) is 4.79 Å². The second kappa shape index (κ2) is 6.50. The monoisotopic (exact) mass is 326 g/mol. The summed E-state index contributed by atoms with van der Waals surface area (Å²) in [5.74, 6) is -0.291. The molecule has 4 nitrogen and oxygen atoms in total. The molecule has 3 N–H and O–H groups in total. The third-order valence-corrected chi connectivity index (χ3v) is 4.08. The van der Waals surface area contributed by atoms with Crippen LogP contribution in [0.3, 0.4) is 0 Å². The smallest absolute Gasteiger partial charge is 0.234 e. The first kappa shape index (κ1) is 14.5. The lowest BCUT2D eigenvalue weighted by Gasteiger charge is -2.34. The topological polar surface area (TPSA) is 66.6 Å². The maximum atomic E-state index is 11.4. The van der Waals surface area contributed by atoms with Crippen LogP contribution in [-0.4, -0.2) is 35.0 Å². The molecule has 104 valence electrons. The number of hydrogen-bond acceptors (Lipinski definition) is 3. The fourth-order valence-corrected chi connectivity index (χ4v) is 2.99. The van der Waals surface area contributed by atoms with Gasteiger partial charge in [-0.3, -0.25) is 9.69 Å². The molecule has 1 aliphatic rings. The summed E-state index contributed by atoms with van der Waals surface area (Å²) in [7, 11) is 0. The van der Waals surface area contributed by atoms with E-state index in [0.717, 1.165) is 35.8 Å². The molecule has 2 atom stereocenters. The van der Waals surface area contributed by atoms with Crippen molar-refractivity contribution in [3.8, 4) is 0 Å². The van der Waals surface area contributed by atoms with E-state index in [1.165, 1.54) is 0 Å². The van der Waals surface area contributed by atoms with Crippen molar-refractivity contribution in [2.24, 2.45) is 5.73 Å². The summed E-state index contributed by atoms with van der Waals surface area (Å²) in [6, 6.07) is 7.36. The average molecular weight is 327 g/mol. The number of benzene rings is 1. The lowest BCUT2D eigenvalue weighted by Crippen LogP contribution is -2.49. The molecule has 2 rings (SSSR count). The number of aliphatic hydroxyl groups excluding tert-OH is 1.